The molecule has 0 bridgehead atoms. The number of nitrogens with zero attached hydrogens (tertiary/aromatic N) is 4. The maximum Gasteiger partial charge on any atom is 0.267 e. The molecule has 0 unspecified atom stereocenters. The second kappa shape index (κ2) is 7.13. The summed E-state index contributed by atoms with van der Waals surface area (Å²) in [4.78, 5) is 31.5. The number of carbonyl (C=O) groups is 2. The number of imide groups is 1. The summed E-state index contributed by atoms with van der Waals surface area (Å²) in [7, 11) is 0. The molecule has 4 aromatic rings. The lowest BCUT2D eigenvalue weighted by Gasteiger charge is -2.19. The number of rotatable bonds is 3. The zero-order valence-corrected chi connectivity index (χ0v) is 14.2. The van der Waals surface area contributed by atoms with Crippen LogP contribution in [0.2, 0.25) is 0 Å². The van der Waals surface area contributed by atoms with Gasteiger partial charge in [0.1, 0.15) is 5.52 Å². The van der Waals surface area contributed by atoms with Crippen molar-refractivity contribution >= 4 is 28.8 Å². The highest BCUT2D eigenvalue weighted by molar-refractivity contribution is 6.25. The Hall–Kier alpha value is -3.93. The highest BCUT2D eigenvalue weighted by Gasteiger charge is 2.28. The maximum absolute atomic E-state index is 13.1. The van der Waals surface area contributed by atoms with E-state index in [1.54, 1.807) is 72.8 Å². The van der Waals surface area contributed by atoms with Crippen LogP contribution < -0.4 is 4.90 Å². The SMILES string of the molecule is O=C(c1ccccc1)N(C(=O)c1ccccc1)c1nnc2ccccc2n1. The van der Waals surface area contributed by atoms with Gasteiger partial charge in [-0.25, -0.2) is 9.88 Å². The summed E-state index contributed by atoms with van der Waals surface area (Å²) in [6.07, 6.45) is 0. The number of amides is 2. The van der Waals surface area contributed by atoms with E-state index in [1.165, 1.54) is 0 Å². The van der Waals surface area contributed by atoms with Gasteiger partial charge >= 0.3 is 0 Å². The Bertz CT molecular complexity index is 1060. The number of para-hydroxylation sites is 1. The van der Waals surface area contributed by atoms with Crippen LogP contribution in [-0.2, 0) is 0 Å². The minimum atomic E-state index is -0.512. The molecule has 0 aliphatic heterocycles. The predicted octanol–water partition coefficient (Wildman–Crippen LogP) is 3.51. The zero-order chi connectivity index (χ0) is 18.6. The van der Waals surface area contributed by atoms with Crippen LogP contribution in [0.4, 0.5) is 5.95 Å². The van der Waals surface area contributed by atoms with Crippen molar-refractivity contribution in [2.24, 2.45) is 0 Å². The molecule has 27 heavy (non-hydrogen) atoms. The van der Waals surface area contributed by atoms with E-state index >= 15 is 0 Å². The minimum Gasteiger partial charge on any atom is -0.268 e. The third kappa shape index (κ3) is 3.28. The van der Waals surface area contributed by atoms with Crippen LogP contribution in [0.25, 0.3) is 11.0 Å². The molecule has 0 aliphatic carbocycles. The Morgan fingerprint density at radius 3 is 1.63 bits per heavy atom. The van der Waals surface area contributed by atoms with E-state index in [9.17, 15) is 9.59 Å². The third-order valence-corrected chi connectivity index (χ3v) is 4.00. The van der Waals surface area contributed by atoms with Crippen molar-refractivity contribution in [1.29, 1.82) is 0 Å². The summed E-state index contributed by atoms with van der Waals surface area (Å²) in [5.74, 6) is -1.08. The van der Waals surface area contributed by atoms with Gasteiger partial charge in [-0.1, -0.05) is 48.5 Å². The van der Waals surface area contributed by atoms with Gasteiger partial charge < -0.3 is 0 Å². The van der Waals surface area contributed by atoms with Crippen LogP contribution in [-0.4, -0.2) is 27.0 Å². The van der Waals surface area contributed by atoms with Crippen LogP contribution in [0, 0.1) is 0 Å². The molecule has 130 valence electrons. The number of anilines is 1. The number of hydrogen-bond acceptors (Lipinski definition) is 5. The van der Waals surface area contributed by atoms with Crippen molar-refractivity contribution in [1.82, 2.24) is 15.2 Å². The largest absolute Gasteiger partial charge is 0.268 e. The normalized spacial score (nSPS) is 10.5. The fourth-order valence-electron chi connectivity index (χ4n) is 2.66. The molecule has 4 rings (SSSR count). The van der Waals surface area contributed by atoms with Crippen LogP contribution in [0.3, 0.4) is 0 Å². The first-order valence-corrected chi connectivity index (χ1v) is 8.32. The molecule has 0 fully saturated rings. The number of aromatic nitrogens is 3. The summed E-state index contributed by atoms with van der Waals surface area (Å²) in [5.41, 5.74) is 1.85. The fourth-order valence-corrected chi connectivity index (χ4v) is 2.66. The second-order valence-corrected chi connectivity index (χ2v) is 5.78. The smallest absolute Gasteiger partial charge is 0.267 e. The first kappa shape index (κ1) is 16.5. The van der Waals surface area contributed by atoms with Crippen molar-refractivity contribution in [2.75, 3.05) is 4.90 Å². The fraction of sp³-hybridized carbons (Fsp3) is 0. The van der Waals surface area contributed by atoms with Crippen molar-refractivity contribution in [2.45, 2.75) is 0 Å². The van der Waals surface area contributed by atoms with Crippen LogP contribution in [0.15, 0.2) is 84.9 Å². The highest BCUT2D eigenvalue weighted by Crippen LogP contribution is 2.18. The first-order valence-electron chi connectivity index (χ1n) is 8.32. The molecule has 0 spiro atoms. The second-order valence-electron chi connectivity index (χ2n) is 5.78. The molecule has 6 heteroatoms. The van der Waals surface area contributed by atoms with E-state index in [4.69, 9.17) is 0 Å². The Morgan fingerprint density at radius 1 is 0.593 bits per heavy atom. The molecule has 0 N–H and O–H groups in total. The Labute approximate surface area is 155 Å². The maximum atomic E-state index is 13.1. The van der Waals surface area contributed by atoms with Gasteiger partial charge in [0.15, 0.2) is 0 Å². The molecule has 6 nitrogen and oxygen atoms in total. The van der Waals surface area contributed by atoms with Gasteiger partial charge in [0.05, 0.1) is 5.52 Å². The van der Waals surface area contributed by atoms with E-state index in [2.05, 4.69) is 15.2 Å². The minimum absolute atomic E-state index is 0.0589. The van der Waals surface area contributed by atoms with Crippen molar-refractivity contribution < 1.29 is 9.59 Å². The third-order valence-electron chi connectivity index (χ3n) is 4.00. The quantitative estimate of drug-likeness (QED) is 0.526. The summed E-state index contributed by atoms with van der Waals surface area (Å²) in [6, 6.07) is 24.2. The van der Waals surface area contributed by atoms with Crippen LogP contribution in [0.5, 0.6) is 0 Å². The molecular formula is C21H14N4O2. The Morgan fingerprint density at radius 2 is 1.07 bits per heavy atom. The van der Waals surface area contributed by atoms with Gasteiger partial charge in [0.2, 0.25) is 0 Å². The number of benzene rings is 3. The van der Waals surface area contributed by atoms with E-state index in [0.29, 0.717) is 22.2 Å². The predicted molar refractivity (Wildman–Crippen MR) is 101 cm³/mol. The lowest BCUT2D eigenvalue weighted by atomic mass is 10.1. The van der Waals surface area contributed by atoms with Gasteiger partial charge in [0.25, 0.3) is 17.8 Å². The Kier molecular flexibility index (Phi) is 4.37. The average Bonchev–Trinajstić information content (AvgIpc) is 2.75. The molecule has 3 aromatic carbocycles. The standard InChI is InChI=1S/C21H14N4O2/c26-19(15-9-3-1-4-10-15)25(20(27)16-11-5-2-6-12-16)21-22-17-13-7-8-14-18(17)23-24-21/h1-14H. The summed E-state index contributed by atoms with van der Waals surface area (Å²) in [6.45, 7) is 0. The number of fused-ring (bicyclic) bond motifs is 1. The Balaban J connectivity index is 1.84. The molecule has 0 atom stereocenters. The molecule has 1 aromatic heterocycles. The molecule has 0 aliphatic rings. The average molecular weight is 354 g/mol. The molecule has 1 heterocycles. The highest BCUT2D eigenvalue weighted by atomic mass is 16.2. The monoisotopic (exact) mass is 354 g/mol. The van der Waals surface area contributed by atoms with E-state index in [1.807, 2.05) is 12.1 Å². The summed E-state index contributed by atoms with van der Waals surface area (Å²) < 4.78 is 0. The molecule has 0 saturated heterocycles. The van der Waals surface area contributed by atoms with Gasteiger partial charge in [-0.3, -0.25) is 9.59 Å². The van der Waals surface area contributed by atoms with E-state index in [0.717, 1.165) is 4.90 Å². The zero-order valence-electron chi connectivity index (χ0n) is 14.2. The lowest BCUT2D eigenvalue weighted by Crippen LogP contribution is -2.38. The lowest BCUT2D eigenvalue weighted by molar-refractivity contribution is 0.0895. The van der Waals surface area contributed by atoms with Crippen LogP contribution in [0.1, 0.15) is 20.7 Å². The van der Waals surface area contributed by atoms with E-state index in [-0.39, 0.29) is 5.95 Å². The summed E-state index contributed by atoms with van der Waals surface area (Å²) in [5, 5.41) is 8.12. The van der Waals surface area contributed by atoms with Gasteiger partial charge in [0, 0.05) is 11.1 Å². The number of hydrogen-bond donors (Lipinski definition) is 0. The molecule has 2 amide bonds. The summed E-state index contributed by atoms with van der Waals surface area (Å²) >= 11 is 0. The van der Waals surface area contributed by atoms with Crippen molar-refractivity contribution in [3.8, 4) is 0 Å². The van der Waals surface area contributed by atoms with E-state index < -0.39 is 11.8 Å². The van der Waals surface area contributed by atoms with Gasteiger partial charge in [-0.15, -0.1) is 10.2 Å². The molecule has 0 saturated carbocycles. The van der Waals surface area contributed by atoms with Crippen molar-refractivity contribution in [3.05, 3.63) is 96.1 Å². The van der Waals surface area contributed by atoms with Gasteiger partial charge in [-0.05, 0) is 36.4 Å². The number of carbonyl (C=O) groups excluding carboxylic acids is 2. The van der Waals surface area contributed by atoms with Crippen LogP contribution >= 0.6 is 0 Å². The first-order chi connectivity index (χ1) is 13.2. The van der Waals surface area contributed by atoms with Crippen molar-refractivity contribution in [3.63, 3.8) is 0 Å². The molecule has 0 radical (unpaired) electrons. The molecular weight excluding hydrogens is 340 g/mol. The topological polar surface area (TPSA) is 76.1 Å². The van der Waals surface area contributed by atoms with Gasteiger partial charge in [-0.2, -0.15) is 0 Å².